The Morgan fingerprint density at radius 1 is 1.47 bits per heavy atom. The summed E-state index contributed by atoms with van der Waals surface area (Å²) >= 11 is 1.49. The van der Waals surface area contributed by atoms with Crippen molar-refractivity contribution in [2.75, 3.05) is 12.4 Å². The molecule has 3 heteroatoms. The first-order valence-electron chi connectivity index (χ1n) is 4.96. The minimum atomic E-state index is 0.117. The van der Waals surface area contributed by atoms with E-state index in [4.69, 9.17) is 5.11 Å². The number of carbonyl (C=O) groups is 1. The fourth-order valence-electron chi connectivity index (χ4n) is 1.23. The Morgan fingerprint density at radius 3 is 2.73 bits per heavy atom. The lowest BCUT2D eigenvalue weighted by atomic mass is 10.1. The Kier molecular flexibility index (Phi) is 4.85. The van der Waals surface area contributed by atoms with Crippen molar-refractivity contribution in [3.05, 3.63) is 35.4 Å². The van der Waals surface area contributed by atoms with Crippen LogP contribution in [0, 0.1) is 6.92 Å². The Morgan fingerprint density at radius 2 is 2.13 bits per heavy atom. The number of aliphatic hydroxyl groups is 1. The van der Waals surface area contributed by atoms with Gasteiger partial charge in [-0.25, -0.2) is 0 Å². The summed E-state index contributed by atoms with van der Waals surface area (Å²) in [6.45, 7) is 3.97. The van der Waals surface area contributed by atoms with Gasteiger partial charge in [0.25, 0.3) is 0 Å². The van der Waals surface area contributed by atoms with Gasteiger partial charge in [0.05, 0.1) is 12.4 Å². The predicted octanol–water partition coefficient (Wildman–Crippen LogP) is 2.29. The second-order valence-corrected chi connectivity index (χ2v) is 4.97. The molecule has 0 aliphatic carbocycles. The second kappa shape index (κ2) is 5.93. The summed E-state index contributed by atoms with van der Waals surface area (Å²) in [5.41, 5.74) is 1.80. The van der Waals surface area contributed by atoms with Crippen LogP contribution in [0.4, 0.5) is 0 Å². The highest BCUT2D eigenvalue weighted by Crippen LogP contribution is 2.14. The zero-order valence-corrected chi connectivity index (χ0v) is 9.88. The van der Waals surface area contributed by atoms with Crippen molar-refractivity contribution in [2.45, 2.75) is 19.1 Å². The largest absolute Gasteiger partial charge is 0.395 e. The summed E-state index contributed by atoms with van der Waals surface area (Å²) < 4.78 is 0. The number of rotatable bonds is 5. The standard InChI is InChI=1S/C12H16O2S/c1-9-5-3-4-6-11(9)12(14)8-15-10(2)7-13/h3-6,10,13H,7-8H2,1-2H3. The number of carbonyl (C=O) groups excluding carboxylic acids is 1. The van der Waals surface area contributed by atoms with E-state index in [1.165, 1.54) is 11.8 Å². The maximum atomic E-state index is 11.8. The lowest BCUT2D eigenvalue weighted by molar-refractivity contribution is 0.102. The van der Waals surface area contributed by atoms with Gasteiger partial charge in [-0.15, -0.1) is 11.8 Å². The molecule has 0 saturated heterocycles. The Hall–Kier alpha value is -0.800. The van der Waals surface area contributed by atoms with E-state index in [9.17, 15) is 4.79 Å². The van der Waals surface area contributed by atoms with Crippen LogP contribution in [-0.2, 0) is 0 Å². The van der Waals surface area contributed by atoms with E-state index in [-0.39, 0.29) is 17.6 Å². The van der Waals surface area contributed by atoms with Crippen molar-refractivity contribution in [1.29, 1.82) is 0 Å². The molecule has 1 atom stereocenters. The molecule has 0 heterocycles. The molecule has 0 saturated carbocycles. The predicted molar refractivity (Wildman–Crippen MR) is 64.5 cm³/mol. The number of benzene rings is 1. The van der Waals surface area contributed by atoms with Gasteiger partial charge in [0.2, 0.25) is 0 Å². The summed E-state index contributed by atoms with van der Waals surface area (Å²) in [5.74, 6) is 0.574. The van der Waals surface area contributed by atoms with E-state index in [0.717, 1.165) is 11.1 Å². The van der Waals surface area contributed by atoms with Crippen LogP contribution in [0.1, 0.15) is 22.8 Å². The minimum Gasteiger partial charge on any atom is -0.395 e. The van der Waals surface area contributed by atoms with Gasteiger partial charge in [-0.2, -0.15) is 0 Å². The van der Waals surface area contributed by atoms with E-state index in [1.807, 2.05) is 38.1 Å². The van der Waals surface area contributed by atoms with Crippen LogP contribution in [0.2, 0.25) is 0 Å². The average molecular weight is 224 g/mol. The average Bonchev–Trinajstić information content (AvgIpc) is 2.26. The molecule has 15 heavy (non-hydrogen) atoms. The van der Waals surface area contributed by atoms with E-state index >= 15 is 0 Å². The van der Waals surface area contributed by atoms with Crippen molar-refractivity contribution < 1.29 is 9.90 Å². The maximum Gasteiger partial charge on any atom is 0.172 e. The smallest absolute Gasteiger partial charge is 0.172 e. The number of Topliss-reactive ketones (excluding diaryl/α,β-unsaturated/α-hetero) is 1. The zero-order valence-electron chi connectivity index (χ0n) is 9.06. The van der Waals surface area contributed by atoms with Crippen molar-refractivity contribution in [2.24, 2.45) is 0 Å². The van der Waals surface area contributed by atoms with Gasteiger partial charge in [0.1, 0.15) is 0 Å². The summed E-state index contributed by atoms with van der Waals surface area (Å²) in [5, 5.41) is 8.96. The van der Waals surface area contributed by atoms with Gasteiger partial charge in [0.15, 0.2) is 5.78 Å². The maximum absolute atomic E-state index is 11.8. The van der Waals surface area contributed by atoms with Crippen LogP contribution >= 0.6 is 11.8 Å². The third-order valence-corrected chi connectivity index (χ3v) is 3.35. The van der Waals surface area contributed by atoms with Crippen LogP contribution in [0.5, 0.6) is 0 Å². The van der Waals surface area contributed by atoms with Crippen LogP contribution in [0.25, 0.3) is 0 Å². The molecule has 0 amide bonds. The molecule has 1 aromatic rings. The number of thioether (sulfide) groups is 1. The Bertz CT molecular complexity index is 336. The quantitative estimate of drug-likeness (QED) is 0.780. The van der Waals surface area contributed by atoms with Gasteiger partial charge in [-0.1, -0.05) is 31.2 Å². The Balaban J connectivity index is 2.58. The normalized spacial score (nSPS) is 12.5. The van der Waals surface area contributed by atoms with E-state index in [0.29, 0.717) is 5.75 Å². The van der Waals surface area contributed by atoms with Crippen molar-refractivity contribution >= 4 is 17.5 Å². The van der Waals surface area contributed by atoms with Crippen LogP contribution in [0.15, 0.2) is 24.3 Å². The molecule has 1 N–H and O–H groups in total. The fourth-order valence-corrected chi connectivity index (χ4v) is 1.93. The monoisotopic (exact) mass is 224 g/mol. The highest BCUT2D eigenvalue weighted by molar-refractivity contribution is 8.00. The molecule has 1 aromatic carbocycles. The van der Waals surface area contributed by atoms with E-state index in [2.05, 4.69) is 0 Å². The lowest BCUT2D eigenvalue weighted by Gasteiger charge is -2.07. The fraction of sp³-hybridized carbons (Fsp3) is 0.417. The first kappa shape index (κ1) is 12.3. The molecule has 0 bridgehead atoms. The molecular weight excluding hydrogens is 208 g/mol. The second-order valence-electron chi connectivity index (χ2n) is 3.54. The van der Waals surface area contributed by atoms with Crippen molar-refractivity contribution in [3.63, 3.8) is 0 Å². The molecule has 0 aliphatic heterocycles. The van der Waals surface area contributed by atoms with Crippen LogP contribution in [0.3, 0.4) is 0 Å². The molecule has 82 valence electrons. The molecule has 1 rings (SSSR count). The molecule has 0 aliphatic rings. The number of hydrogen-bond donors (Lipinski definition) is 1. The van der Waals surface area contributed by atoms with Gasteiger partial charge in [-0.3, -0.25) is 4.79 Å². The molecule has 2 nitrogen and oxygen atoms in total. The molecule has 0 spiro atoms. The van der Waals surface area contributed by atoms with Crippen molar-refractivity contribution in [3.8, 4) is 0 Å². The van der Waals surface area contributed by atoms with Crippen LogP contribution in [-0.4, -0.2) is 28.5 Å². The minimum absolute atomic E-state index is 0.117. The van der Waals surface area contributed by atoms with Gasteiger partial charge in [-0.05, 0) is 12.5 Å². The summed E-state index contributed by atoms with van der Waals surface area (Å²) in [6, 6.07) is 7.59. The molecule has 0 aromatic heterocycles. The van der Waals surface area contributed by atoms with E-state index in [1.54, 1.807) is 0 Å². The molecule has 0 radical (unpaired) electrons. The summed E-state index contributed by atoms with van der Waals surface area (Å²) in [6.07, 6.45) is 0. The molecule has 1 unspecified atom stereocenters. The van der Waals surface area contributed by atoms with Gasteiger partial charge in [0, 0.05) is 10.8 Å². The lowest BCUT2D eigenvalue weighted by Crippen LogP contribution is -2.10. The van der Waals surface area contributed by atoms with Crippen molar-refractivity contribution in [1.82, 2.24) is 0 Å². The van der Waals surface area contributed by atoms with E-state index < -0.39 is 0 Å². The number of ketones is 1. The number of aliphatic hydroxyl groups excluding tert-OH is 1. The number of hydrogen-bond acceptors (Lipinski definition) is 3. The molecular formula is C12H16O2S. The van der Waals surface area contributed by atoms with Crippen LogP contribution < -0.4 is 0 Å². The summed E-state index contributed by atoms with van der Waals surface area (Å²) in [4.78, 5) is 11.8. The topological polar surface area (TPSA) is 37.3 Å². The van der Waals surface area contributed by atoms with Gasteiger partial charge < -0.3 is 5.11 Å². The number of aryl methyl sites for hydroxylation is 1. The summed E-state index contributed by atoms with van der Waals surface area (Å²) in [7, 11) is 0. The molecule has 0 fully saturated rings. The Labute approximate surface area is 94.7 Å². The first-order valence-corrected chi connectivity index (χ1v) is 6.01. The SMILES string of the molecule is Cc1ccccc1C(=O)CSC(C)CO. The van der Waals surface area contributed by atoms with Gasteiger partial charge >= 0.3 is 0 Å². The highest BCUT2D eigenvalue weighted by Gasteiger charge is 2.10. The zero-order chi connectivity index (χ0) is 11.3. The third-order valence-electron chi connectivity index (χ3n) is 2.20. The highest BCUT2D eigenvalue weighted by atomic mass is 32.2. The third kappa shape index (κ3) is 3.68. The first-order chi connectivity index (χ1) is 7.15.